The lowest BCUT2D eigenvalue weighted by molar-refractivity contribution is -0.114. The Morgan fingerprint density at radius 2 is 1.91 bits per heavy atom. The summed E-state index contributed by atoms with van der Waals surface area (Å²) in [4.78, 5) is 14.6. The van der Waals surface area contributed by atoms with E-state index >= 15 is 0 Å². The first-order valence-corrected chi connectivity index (χ1v) is 8.31. The zero-order valence-electron chi connectivity index (χ0n) is 13.1. The highest BCUT2D eigenvalue weighted by Gasteiger charge is 2.45. The number of Topliss-reactive ketones (excluding diaryl/α,β-unsaturated/α-hetero) is 1. The van der Waals surface area contributed by atoms with Crippen LogP contribution in [0, 0.1) is 16.7 Å². The van der Waals surface area contributed by atoms with Crippen molar-refractivity contribution < 1.29 is 9.90 Å². The topological polar surface area (TPSA) is 64.3 Å². The van der Waals surface area contributed by atoms with Crippen LogP contribution in [-0.2, 0) is 11.2 Å². The molecule has 0 amide bonds. The molecule has 2 aliphatic carbocycles. The number of allylic oxidation sites excluding steroid dienone is 1. The molecule has 1 aromatic rings. The van der Waals surface area contributed by atoms with Crippen molar-refractivity contribution in [3.8, 4) is 6.07 Å². The summed E-state index contributed by atoms with van der Waals surface area (Å²) in [6.45, 7) is 1.71. The van der Waals surface area contributed by atoms with E-state index in [9.17, 15) is 15.2 Å². The van der Waals surface area contributed by atoms with Gasteiger partial charge in [0.2, 0.25) is 0 Å². The Kier molecular flexibility index (Phi) is 3.28. The molecule has 3 aliphatic rings. The van der Waals surface area contributed by atoms with Gasteiger partial charge >= 0.3 is 0 Å². The molecular formula is C19H20N2O2. The van der Waals surface area contributed by atoms with Crippen molar-refractivity contribution in [3.63, 3.8) is 0 Å². The van der Waals surface area contributed by atoms with Gasteiger partial charge in [-0.05, 0) is 36.7 Å². The highest BCUT2D eigenvalue weighted by Crippen LogP contribution is 2.50. The summed E-state index contributed by atoms with van der Waals surface area (Å²) in [6, 6.07) is 10.1. The van der Waals surface area contributed by atoms with Gasteiger partial charge in [0.25, 0.3) is 0 Å². The zero-order valence-corrected chi connectivity index (χ0v) is 13.1. The summed E-state index contributed by atoms with van der Waals surface area (Å²) in [7, 11) is 0. The molecule has 0 radical (unpaired) electrons. The number of likely N-dealkylation sites (tertiary alicyclic amines) is 1. The number of carbonyl (C=O) groups excluding carboxylic acids is 1. The molecule has 1 heterocycles. The van der Waals surface area contributed by atoms with Crippen LogP contribution in [0.5, 0.6) is 0 Å². The molecular weight excluding hydrogens is 288 g/mol. The van der Waals surface area contributed by atoms with Crippen LogP contribution in [0.15, 0.2) is 29.8 Å². The number of piperidine rings is 1. The van der Waals surface area contributed by atoms with Crippen LogP contribution in [0.3, 0.4) is 0 Å². The molecule has 2 fully saturated rings. The predicted octanol–water partition coefficient (Wildman–Crippen LogP) is 2.28. The minimum Gasteiger partial charge on any atom is -0.393 e. The quantitative estimate of drug-likeness (QED) is 0.864. The Bertz CT molecular complexity index is 728. The molecule has 1 saturated carbocycles. The minimum absolute atomic E-state index is 0.0689. The number of aliphatic hydroxyl groups is 1. The summed E-state index contributed by atoms with van der Waals surface area (Å²) < 4.78 is 0. The maximum atomic E-state index is 12.3. The molecule has 0 atom stereocenters. The highest BCUT2D eigenvalue weighted by molar-refractivity contribution is 6.09. The van der Waals surface area contributed by atoms with Crippen LogP contribution < -0.4 is 0 Å². The molecule has 0 aromatic heterocycles. The fourth-order valence-electron chi connectivity index (χ4n) is 4.43. The average Bonchev–Trinajstić information content (AvgIpc) is 2.53. The summed E-state index contributed by atoms with van der Waals surface area (Å²) in [6.07, 6.45) is 4.06. The van der Waals surface area contributed by atoms with Crippen LogP contribution in [0.1, 0.15) is 36.8 Å². The molecule has 1 spiro atoms. The van der Waals surface area contributed by atoms with Gasteiger partial charge in [-0.1, -0.05) is 24.3 Å². The third-order valence-corrected chi connectivity index (χ3v) is 5.73. The Morgan fingerprint density at radius 1 is 1.22 bits per heavy atom. The number of nitriles is 1. The molecule has 0 bridgehead atoms. The van der Waals surface area contributed by atoms with Crippen LogP contribution >= 0.6 is 0 Å². The van der Waals surface area contributed by atoms with Crippen LogP contribution in [-0.4, -0.2) is 35.0 Å². The van der Waals surface area contributed by atoms with E-state index in [0.717, 1.165) is 55.6 Å². The number of carbonyl (C=O) groups is 1. The number of hydrogen-bond acceptors (Lipinski definition) is 4. The fourth-order valence-corrected chi connectivity index (χ4v) is 4.43. The van der Waals surface area contributed by atoms with Crippen molar-refractivity contribution in [2.45, 2.75) is 38.2 Å². The van der Waals surface area contributed by atoms with E-state index in [1.807, 2.05) is 24.3 Å². The van der Waals surface area contributed by atoms with Crippen molar-refractivity contribution in [1.82, 2.24) is 4.90 Å². The molecule has 118 valence electrons. The molecule has 1 saturated heterocycles. The summed E-state index contributed by atoms with van der Waals surface area (Å²) in [5.41, 5.74) is 3.49. The largest absolute Gasteiger partial charge is 0.393 e. The normalized spacial score (nSPS) is 23.5. The second kappa shape index (κ2) is 5.21. The van der Waals surface area contributed by atoms with Crippen molar-refractivity contribution >= 4 is 11.5 Å². The first-order valence-electron chi connectivity index (χ1n) is 8.31. The lowest BCUT2D eigenvalue weighted by Gasteiger charge is -2.51. The smallest absolute Gasteiger partial charge is 0.179 e. The zero-order chi connectivity index (χ0) is 16.0. The van der Waals surface area contributed by atoms with E-state index in [-0.39, 0.29) is 11.9 Å². The second-order valence-electron chi connectivity index (χ2n) is 7.14. The first kappa shape index (κ1) is 14.5. The minimum atomic E-state index is -0.132. The average molecular weight is 308 g/mol. The Morgan fingerprint density at radius 3 is 2.57 bits per heavy atom. The fraction of sp³-hybridized carbons (Fsp3) is 0.474. The monoisotopic (exact) mass is 308 g/mol. The van der Waals surface area contributed by atoms with Gasteiger partial charge in [0.15, 0.2) is 5.78 Å². The van der Waals surface area contributed by atoms with Crippen molar-refractivity contribution in [2.75, 3.05) is 13.1 Å². The van der Waals surface area contributed by atoms with Gasteiger partial charge < -0.3 is 10.0 Å². The first-order chi connectivity index (χ1) is 11.1. The van der Waals surface area contributed by atoms with Gasteiger partial charge in [0, 0.05) is 25.1 Å². The molecule has 4 nitrogen and oxygen atoms in total. The van der Waals surface area contributed by atoms with Gasteiger partial charge in [-0.25, -0.2) is 0 Å². The number of rotatable bonds is 1. The Labute approximate surface area is 136 Å². The van der Waals surface area contributed by atoms with E-state index < -0.39 is 0 Å². The van der Waals surface area contributed by atoms with Crippen molar-refractivity contribution in [2.24, 2.45) is 5.41 Å². The number of aliphatic hydroxyl groups excluding tert-OH is 1. The van der Waals surface area contributed by atoms with Crippen molar-refractivity contribution in [1.29, 1.82) is 5.26 Å². The third kappa shape index (κ3) is 2.27. The molecule has 1 aliphatic heterocycles. The Balaban J connectivity index is 1.66. The summed E-state index contributed by atoms with van der Waals surface area (Å²) in [5, 5.41) is 19.1. The van der Waals surface area contributed by atoms with Gasteiger partial charge in [-0.15, -0.1) is 0 Å². The summed E-state index contributed by atoms with van der Waals surface area (Å²) >= 11 is 0. The van der Waals surface area contributed by atoms with Gasteiger partial charge in [-0.2, -0.15) is 5.26 Å². The number of ketones is 1. The van der Waals surface area contributed by atoms with Crippen LogP contribution in [0.25, 0.3) is 5.70 Å². The van der Waals surface area contributed by atoms with Gasteiger partial charge in [0.05, 0.1) is 11.8 Å². The lowest BCUT2D eigenvalue weighted by Crippen LogP contribution is -2.49. The molecule has 4 heteroatoms. The molecule has 4 rings (SSSR count). The lowest BCUT2D eigenvalue weighted by atomic mass is 9.61. The highest BCUT2D eigenvalue weighted by atomic mass is 16.3. The van der Waals surface area contributed by atoms with E-state index in [2.05, 4.69) is 11.0 Å². The van der Waals surface area contributed by atoms with Crippen LogP contribution in [0.4, 0.5) is 0 Å². The maximum Gasteiger partial charge on any atom is 0.179 e. The molecule has 1 N–H and O–H groups in total. The van der Waals surface area contributed by atoms with Crippen molar-refractivity contribution in [3.05, 3.63) is 41.0 Å². The molecule has 23 heavy (non-hydrogen) atoms. The number of benzene rings is 1. The number of nitrogens with zero attached hydrogens (tertiary/aromatic N) is 2. The summed E-state index contributed by atoms with van der Waals surface area (Å²) in [5.74, 6) is -0.0689. The number of hydrogen-bond donors (Lipinski definition) is 1. The van der Waals surface area contributed by atoms with Gasteiger partial charge in [0.1, 0.15) is 11.6 Å². The van der Waals surface area contributed by atoms with E-state index in [1.165, 1.54) is 0 Å². The SMILES string of the molecule is N#CC1=C(N2CCC3(CC2)CC(O)C3)c2ccccc2CC1=O. The molecule has 1 aromatic carbocycles. The van der Waals surface area contributed by atoms with E-state index in [4.69, 9.17) is 0 Å². The molecule has 0 unspecified atom stereocenters. The van der Waals surface area contributed by atoms with E-state index in [0.29, 0.717) is 17.4 Å². The van der Waals surface area contributed by atoms with Gasteiger partial charge in [-0.3, -0.25) is 4.79 Å². The Hall–Kier alpha value is -2.12. The van der Waals surface area contributed by atoms with E-state index in [1.54, 1.807) is 0 Å². The third-order valence-electron chi connectivity index (χ3n) is 5.73. The second-order valence-corrected chi connectivity index (χ2v) is 7.14. The predicted molar refractivity (Wildman–Crippen MR) is 86.2 cm³/mol. The van der Waals surface area contributed by atoms with Crippen LogP contribution in [0.2, 0.25) is 0 Å². The maximum absolute atomic E-state index is 12.3. The standard InChI is InChI=1S/C19H20N2O2/c20-12-16-17(23)9-13-3-1-2-4-15(13)18(16)21-7-5-19(6-8-21)10-14(22)11-19/h1-4,14,22H,5-11H2. The number of fused-ring (bicyclic) bond motifs is 1.